The van der Waals surface area contributed by atoms with Gasteiger partial charge >= 0.3 is 0 Å². The number of ether oxygens (including phenoxy) is 1. The van der Waals surface area contributed by atoms with Crippen LogP contribution in [0, 0.1) is 0 Å². The topological polar surface area (TPSA) is 79.4 Å². The molecule has 2 aromatic carbocycles. The predicted molar refractivity (Wildman–Crippen MR) is 111 cm³/mol. The third kappa shape index (κ3) is 4.91. The molecule has 0 atom stereocenters. The maximum atomic E-state index is 12.3. The molecule has 3 aromatic rings. The van der Waals surface area contributed by atoms with Crippen LogP contribution < -0.4 is 10.2 Å². The predicted octanol–water partition coefficient (Wildman–Crippen LogP) is 4.94. The van der Waals surface area contributed by atoms with Gasteiger partial charge in [0.1, 0.15) is 11.4 Å². The molecule has 1 heterocycles. The van der Waals surface area contributed by atoms with Gasteiger partial charge in [-0.3, -0.25) is 9.89 Å². The van der Waals surface area contributed by atoms with Crippen LogP contribution in [0.25, 0.3) is 11.3 Å². The van der Waals surface area contributed by atoms with Gasteiger partial charge in [0, 0.05) is 16.1 Å². The average Bonchev–Trinajstić information content (AvgIpc) is 3.18. The highest BCUT2D eigenvalue weighted by Gasteiger charge is 2.13. The van der Waals surface area contributed by atoms with Crippen LogP contribution in [0.1, 0.15) is 29.4 Å². The molecule has 0 fully saturated rings. The summed E-state index contributed by atoms with van der Waals surface area (Å²) in [5.74, 6) is 0.297. The number of H-pyrrole nitrogens is 1. The molecular formula is C20H18Cl2N4O2. The second-order valence-corrected chi connectivity index (χ2v) is 6.72. The summed E-state index contributed by atoms with van der Waals surface area (Å²) >= 11 is 11.9. The highest BCUT2D eigenvalue weighted by atomic mass is 35.5. The summed E-state index contributed by atoms with van der Waals surface area (Å²) in [5.41, 5.74) is 4.78. The number of nitrogens with zero attached hydrogens (tertiary/aromatic N) is 2. The molecule has 0 spiro atoms. The monoisotopic (exact) mass is 416 g/mol. The van der Waals surface area contributed by atoms with E-state index in [1.165, 1.54) is 6.21 Å². The molecule has 144 valence electrons. The molecule has 0 bridgehead atoms. The quantitative estimate of drug-likeness (QED) is 0.422. The van der Waals surface area contributed by atoms with Gasteiger partial charge < -0.3 is 4.74 Å². The number of halogens is 2. The first-order chi connectivity index (χ1) is 13.6. The minimum absolute atomic E-state index is 0.277. The number of aromatic amines is 1. The van der Waals surface area contributed by atoms with E-state index in [4.69, 9.17) is 27.9 Å². The molecule has 3 rings (SSSR count). The van der Waals surface area contributed by atoms with E-state index in [2.05, 4.69) is 20.7 Å². The second-order valence-electron chi connectivity index (χ2n) is 5.88. The van der Waals surface area contributed by atoms with Crippen molar-refractivity contribution in [2.45, 2.75) is 13.3 Å². The third-order valence-electron chi connectivity index (χ3n) is 3.78. The van der Waals surface area contributed by atoms with Crippen molar-refractivity contribution in [3.63, 3.8) is 0 Å². The Balaban J connectivity index is 1.70. The lowest BCUT2D eigenvalue weighted by atomic mass is 10.1. The van der Waals surface area contributed by atoms with Gasteiger partial charge in [0.2, 0.25) is 0 Å². The summed E-state index contributed by atoms with van der Waals surface area (Å²) in [4.78, 5) is 12.3. The smallest absolute Gasteiger partial charge is 0.289 e. The lowest BCUT2D eigenvalue weighted by molar-refractivity contribution is 0.0950. The number of carbonyl (C=O) groups is 1. The normalized spacial score (nSPS) is 11.0. The largest absolute Gasteiger partial charge is 0.493 e. The number of benzene rings is 2. The second kappa shape index (κ2) is 9.39. The Kier molecular flexibility index (Phi) is 6.68. The van der Waals surface area contributed by atoms with Crippen molar-refractivity contribution in [3.8, 4) is 17.0 Å². The first-order valence-electron chi connectivity index (χ1n) is 8.64. The molecule has 1 amide bonds. The maximum absolute atomic E-state index is 12.3. The average molecular weight is 417 g/mol. The van der Waals surface area contributed by atoms with Gasteiger partial charge in [-0.05, 0) is 36.8 Å². The fourth-order valence-corrected chi connectivity index (χ4v) is 2.88. The van der Waals surface area contributed by atoms with Gasteiger partial charge in [-0.15, -0.1) is 0 Å². The maximum Gasteiger partial charge on any atom is 0.289 e. The van der Waals surface area contributed by atoms with Crippen molar-refractivity contribution in [1.29, 1.82) is 0 Å². The summed E-state index contributed by atoms with van der Waals surface area (Å²) in [6.45, 7) is 2.65. The van der Waals surface area contributed by atoms with E-state index in [1.807, 2.05) is 31.2 Å². The van der Waals surface area contributed by atoms with Crippen LogP contribution in [0.4, 0.5) is 0 Å². The van der Waals surface area contributed by atoms with Gasteiger partial charge in [0.15, 0.2) is 0 Å². The minimum Gasteiger partial charge on any atom is -0.493 e. The highest BCUT2D eigenvalue weighted by Crippen LogP contribution is 2.28. The molecule has 0 unspecified atom stereocenters. The van der Waals surface area contributed by atoms with Gasteiger partial charge in [0.25, 0.3) is 5.91 Å². The first-order valence-corrected chi connectivity index (χ1v) is 9.40. The number of carbonyl (C=O) groups excluding carboxylic acids is 1. The van der Waals surface area contributed by atoms with Crippen LogP contribution in [-0.4, -0.2) is 28.9 Å². The van der Waals surface area contributed by atoms with Gasteiger partial charge in [-0.2, -0.15) is 10.2 Å². The van der Waals surface area contributed by atoms with Gasteiger partial charge in [-0.1, -0.05) is 48.3 Å². The van der Waals surface area contributed by atoms with E-state index in [0.717, 1.165) is 17.7 Å². The van der Waals surface area contributed by atoms with Gasteiger partial charge in [0.05, 0.1) is 23.5 Å². The van der Waals surface area contributed by atoms with Crippen molar-refractivity contribution in [2.75, 3.05) is 6.61 Å². The molecule has 2 N–H and O–H groups in total. The summed E-state index contributed by atoms with van der Waals surface area (Å²) in [5, 5.41) is 11.8. The number of hydrazone groups is 1. The van der Waals surface area contributed by atoms with Crippen LogP contribution in [0.3, 0.4) is 0 Å². The Hall–Kier alpha value is -2.83. The van der Waals surface area contributed by atoms with E-state index < -0.39 is 5.91 Å². The summed E-state index contributed by atoms with van der Waals surface area (Å²) < 4.78 is 5.74. The molecule has 0 aliphatic carbocycles. The summed E-state index contributed by atoms with van der Waals surface area (Å²) in [6.07, 6.45) is 2.35. The zero-order valence-corrected chi connectivity index (χ0v) is 16.6. The number of para-hydroxylation sites is 1. The molecule has 0 aliphatic heterocycles. The third-order valence-corrected chi connectivity index (χ3v) is 4.34. The van der Waals surface area contributed by atoms with Crippen molar-refractivity contribution in [3.05, 3.63) is 69.8 Å². The van der Waals surface area contributed by atoms with E-state index in [1.54, 1.807) is 24.3 Å². The van der Waals surface area contributed by atoms with Crippen molar-refractivity contribution in [1.82, 2.24) is 15.6 Å². The Morgan fingerprint density at radius 1 is 1.25 bits per heavy atom. The van der Waals surface area contributed by atoms with E-state index in [0.29, 0.717) is 27.9 Å². The Morgan fingerprint density at radius 3 is 2.86 bits per heavy atom. The van der Waals surface area contributed by atoms with Gasteiger partial charge in [-0.25, -0.2) is 5.43 Å². The van der Waals surface area contributed by atoms with Crippen LogP contribution in [0.15, 0.2) is 53.6 Å². The number of hydrogen-bond donors (Lipinski definition) is 2. The van der Waals surface area contributed by atoms with Crippen LogP contribution in [0.5, 0.6) is 5.75 Å². The molecule has 0 saturated carbocycles. The molecule has 28 heavy (non-hydrogen) atoms. The zero-order chi connectivity index (χ0) is 19.9. The fraction of sp³-hybridized carbons (Fsp3) is 0.150. The molecular weight excluding hydrogens is 399 g/mol. The first kappa shape index (κ1) is 19.9. The van der Waals surface area contributed by atoms with Crippen LogP contribution in [-0.2, 0) is 0 Å². The lowest BCUT2D eigenvalue weighted by Crippen LogP contribution is -2.18. The lowest BCUT2D eigenvalue weighted by Gasteiger charge is -2.08. The van der Waals surface area contributed by atoms with Crippen LogP contribution in [0.2, 0.25) is 10.0 Å². The van der Waals surface area contributed by atoms with E-state index >= 15 is 0 Å². The molecule has 0 aliphatic rings. The Bertz CT molecular complexity index is 1000. The Morgan fingerprint density at radius 2 is 2.07 bits per heavy atom. The molecule has 6 nitrogen and oxygen atoms in total. The molecule has 8 heteroatoms. The van der Waals surface area contributed by atoms with Crippen LogP contribution >= 0.6 is 23.2 Å². The number of rotatable bonds is 7. The zero-order valence-electron chi connectivity index (χ0n) is 15.1. The number of aromatic nitrogens is 2. The number of hydrogen-bond acceptors (Lipinski definition) is 4. The molecule has 1 aromatic heterocycles. The van der Waals surface area contributed by atoms with E-state index in [9.17, 15) is 4.79 Å². The number of amides is 1. The SMILES string of the molecule is CCCOc1ccccc1-c1cc(C(=O)NN=Cc2ccc(Cl)cc2Cl)[nH]n1. The Labute approximate surface area is 172 Å². The fourth-order valence-electron chi connectivity index (χ4n) is 2.42. The molecule has 0 radical (unpaired) electrons. The standard InChI is InChI=1S/C20H18Cl2N4O2/c1-2-9-28-19-6-4-3-5-15(19)17-11-18(25-24-17)20(27)26-23-12-13-7-8-14(21)10-16(13)22/h3-8,10-12H,2,9H2,1H3,(H,24,25)(H,26,27). The van der Waals surface area contributed by atoms with Crippen molar-refractivity contribution < 1.29 is 9.53 Å². The van der Waals surface area contributed by atoms with Crippen molar-refractivity contribution >= 4 is 35.3 Å². The minimum atomic E-state index is -0.424. The molecule has 0 saturated heterocycles. The summed E-state index contributed by atoms with van der Waals surface area (Å²) in [7, 11) is 0. The highest BCUT2D eigenvalue weighted by molar-refractivity contribution is 6.36. The van der Waals surface area contributed by atoms with Crippen molar-refractivity contribution in [2.24, 2.45) is 5.10 Å². The summed E-state index contributed by atoms with van der Waals surface area (Å²) in [6, 6.07) is 14.2. The van der Waals surface area contributed by atoms with E-state index in [-0.39, 0.29) is 5.69 Å². The number of nitrogens with one attached hydrogen (secondary N) is 2.